The number of anilines is 3. The number of alkyl halides is 3. The number of nitrogens with one attached hydrogen (secondary N) is 2. The minimum Gasteiger partial charge on any atom is -0.399 e. The van der Waals surface area contributed by atoms with Crippen LogP contribution >= 0.6 is 0 Å². The van der Waals surface area contributed by atoms with Crippen LogP contribution in [0.25, 0.3) is 10.8 Å². The molecule has 0 radical (unpaired) electrons. The van der Waals surface area contributed by atoms with E-state index < -0.39 is 17.8 Å². The Morgan fingerprint density at radius 1 is 1.15 bits per heavy atom. The third-order valence-corrected chi connectivity index (χ3v) is 6.49. The minimum atomic E-state index is -4.50. The summed E-state index contributed by atoms with van der Waals surface area (Å²) in [4.78, 5) is 16.9. The van der Waals surface area contributed by atoms with E-state index in [4.69, 9.17) is 5.73 Å². The molecular formula is C24H29F3N6O. The quantitative estimate of drug-likeness (QED) is 0.480. The number of fused-ring (bicyclic) bond motifs is 1. The summed E-state index contributed by atoms with van der Waals surface area (Å²) in [6.07, 6.45) is -2.42. The van der Waals surface area contributed by atoms with Gasteiger partial charge in [-0.05, 0) is 75.8 Å². The molecule has 1 aromatic heterocycles. The largest absolute Gasteiger partial charge is 0.416 e. The van der Waals surface area contributed by atoms with Crippen LogP contribution in [0.4, 0.5) is 30.4 Å². The highest BCUT2D eigenvalue weighted by Crippen LogP contribution is 2.34. The van der Waals surface area contributed by atoms with Gasteiger partial charge in [-0.1, -0.05) is 0 Å². The maximum Gasteiger partial charge on any atom is 0.416 e. The summed E-state index contributed by atoms with van der Waals surface area (Å²) in [5, 5.41) is 10.9. The van der Waals surface area contributed by atoms with E-state index in [9.17, 15) is 18.0 Å². The first-order chi connectivity index (χ1) is 16.0. The number of nitrogens with zero attached hydrogens (tertiary/aromatic N) is 3. The Morgan fingerprint density at radius 3 is 2.50 bits per heavy atom. The van der Waals surface area contributed by atoms with Crippen molar-refractivity contribution in [1.82, 2.24) is 15.1 Å². The molecule has 1 aliphatic heterocycles. The van der Waals surface area contributed by atoms with Crippen molar-refractivity contribution in [3.63, 3.8) is 0 Å². The van der Waals surface area contributed by atoms with Gasteiger partial charge in [0.05, 0.1) is 17.0 Å². The lowest BCUT2D eigenvalue weighted by Crippen LogP contribution is -2.42. The van der Waals surface area contributed by atoms with E-state index in [1.807, 2.05) is 12.1 Å². The molecule has 7 nitrogen and oxygen atoms in total. The fourth-order valence-corrected chi connectivity index (χ4v) is 4.48. The smallest absolute Gasteiger partial charge is 0.399 e. The van der Waals surface area contributed by atoms with Gasteiger partial charge in [-0.25, -0.2) is 5.10 Å². The Labute approximate surface area is 195 Å². The Hall–Kier alpha value is -3.27. The molecular weight excluding hydrogens is 445 g/mol. The van der Waals surface area contributed by atoms with Gasteiger partial charge in [0.2, 0.25) is 0 Å². The average molecular weight is 475 g/mol. The van der Waals surface area contributed by atoms with Crippen molar-refractivity contribution in [1.29, 1.82) is 0 Å². The van der Waals surface area contributed by atoms with E-state index in [0.29, 0.717) is 28.2 Å². The molecule has 0 spiro atoms. The van der Waals surface area contributed by atoms with Crippen molar-refractivity contribution >= 4 is 28.0 Å². The zero-order chi connectivity index (χ0) is 24.6. The van der Waals surface area contributed by atoms with E-state index in [0.717, 1.165) is 43.8 Å². The Morgan fingerprint density at radius 2 is 1.85 bits per heavy atom. The number of hydrogen-bond donors (Lipinski definition) is 3. The van der Waals surface area contributed by atoms with Crippen molar-refractivity contribution in [2.45, 2.75) is 38.0 Å². The molecule has 1 saturated heterocycles. The number of nitrogen functional groups attached to an aromatic ring is 1. The van der Waals surface area contributed by atoms with E-state index in [1.165, 1.54) is 6.07 Å². The Kier molecular flexibility index (Phi) is 6.44. The first kappa shape index (κ1) is 23.9. The van der Waals surface area contributed by atoms with Gasteiger partial charge in [0, 0.05) is 35.9 Å². The number of H-pyrrole nitrogens is 1. The van der Waals surface area contributed by atoms with Crippen molar-refractivity contribution in [3.8, 4) is 0 Å². The van der Waals surface area contributed by atoms with Gasteiger partial charge in [0.1, 0.15) is 0 Å². The molecule has 4 N–H and O–H groups in total. The second-order valence-corrected chi connectivity index (χ2v) is 9.07. The third kappa shape index (κ3) is 4.96. The van der Waals surface area contributed by atoms with Crippen LogP contribution in [0.1, 0.15) is 36.9 Å². The van der Waals surface area contributed by atoms with Crippen molar-refractivity contribution < 1.29 is 13.2 Å². The molecule has 2 aromatic carbocycles. The molecule has 10 heteroatoms. The molecule has 3 aromatic rings. The highest BCUT2D eigenvalue weighted by Gasteiger charge is 2.31. The maximum absolute atomic E-state index is 13.2. The Bertz CT molecular complexity index is 1230. The van der Waals surface area contributed by atoms with Crippen LogP contribution in [0.15, 0.2) is 41.2 Å². The molecule has 0 bridgehead atoms. The number of nitrogens with two attached hydrogens (primary N) is 1. The lowest BCUT2D eigenvalue weighted by atomic mass is 10.0. The molecule has 0 saturated carbocycles. The molecule has 1 aliphatic rings. The van der Waals surface area contributed by atoms with Gasteiger partial charge in [0.25, 0.3) is 5.56 Å². The lowest BCUT2D eigenvalue weighted by molar-refractivity contribution is -0.137. The minimum absolute atomic E-state index is 0.0289. The number of benzene rings is 2. The monoisotopic (exact) mass is 474 g/mol. The van der Waals surface area contributed by atoms with Gasteiger partial charge in [0.15, 0.2) is 5.82 Å². The van der Waals surface area contributed by atoms with Crippen molar-refractivity contribution in [2.24, 2.45) is 0 Å². The molecule has 182 valence electrons. The maximum atomic E-state index is 13.2. The zero-order valence-corrected chi connectivity index (χ0v) is 19.4. The van der Waals surface area contributed by atoms with E-state index in [1.54, 1.807) is 13.0 Å². The number of aromatic amines is 1. The van der Waals surface area contributed by atoms with Gasteiger partial charge >= 0.3 is 6.18 Å². The number of piperidine rings is 1. The van der Waals surface area contributed by atoms with Crippen molar-refractivity contribution in [3.05, 3.63) is 57.9 Å². The van der Waals surface area contributed by atoms with Crippen molar-refractivity contribution in [2.75, 3.05) is 43.1 Å². The van der Waals surface area contributed by atoms with Gasteiger partial charge in [-0.2, -0.15) is 18.3 Å². The normalized spacial score (nSPS) is 16.3. The second-order valence-electron chi connectivity index (χ2n) is 9.07. The summed E-state index contributed by atoms with van der Waals surface area (Å²) >= 11 is 0. The molecule has 4 rings (SSSR count). The average Bonchev–Trinajstić information content (AvgIpc) is 2.79. The first-order valence-electron chi connectivity index (χ1n) is 11.2. The molecule has 0 aliphatic carbocycles. The number of halogens is 3. The van der Waals surface area contributed by atoms with E-state index >= 15 is 0 Å². The summed E-state index contributed by atoms with van der Waals surface area (Å²) in [5.41, 5.74) is 5.98. The fraction of sp³-hybridized carbons (Fsp3) is 0.417. The first-order valence-corrected chi connectivity index (χ1v) is 11.2. The molecule has 1 atom stereocenters. The second kappa shape index (κ2) is 9.17. The van der Waals surface area contributed by atoms with Crippen LogP contribution in [0.5, 0.6) is 0 Å². The van der Waals surface area contributed by atoms with Crippen LogP contribution in [-0.2, 0) is 6.18 Å². The summed E-state index contributed by atoms with van der Waals surface area (Å²) in [5.74, 6) is 0.392. The summed E-state index contributed by atoms with van der Waals surface area (Å²) in [7, 11) is 4.18. The zero-order valence-electron chi connectivity index (χ0n) is 19.4. The fourth-order valence-electron chi connectivity index (χ4n) is 4.48. The van der Waals surface area contributed by atoms with Crippen LogP contribution in [0, 0.1) is 0 Å². The molecule has 2 heterocycles. The van der Waals surface area contributed by atoms with Crippen LogP contribution in [0.2, 0.25) is 0 Å². The van der Waals surface area contributed by atoms with Gasteiger partial charge in [-0.15, -0.1) is 0 Å². The van der Waals surface area contributed by atoms with E-state index in [-0.39, 0.29) is 11.2 Å². The standard InChI is InChI=1S/C24H29F3N6O/c1-14(15-10-16(24(25,26)27)12-17(28)11-15)29-22-21-13-19(4-5-20(21)23(34)31-30-22)33-8-6-18(7-9-33)32(2)3/h4-5,10-14,18H,6-9,28H2,1-3H3,(H,29,30)(H,31,34). The topological polar surface area (TPSA) is 90.3 Å². The van der Waals surface area contributed by atoms with Crippen LogP contribution < -0.4 is 21.5 Å². The summed E-state index contributed by atoms with van der Waals surface area (Å²) in [6.45, 7) is 3.52. The number of aromatic nitrogens is 2. The number of hydrogen-bond acceptors (Lipinski definition) is 6. The molecule has 1 fully saturated rings. The van der Waals surface area contributed by atoms with Gasteiger partial charge < -0.3 is 20.9 Å². The van der Waals surface area contributed by atoms with Gasteiger partial charge in [-0.3, -0.25) is 4.79 Å². The molecule has 34 heavy (non-hydrogen) atoms. The third-order valence-electron chi connectivity index (χ3n) is 6.49. The SMILES string of the molecule is CC(Nc1n[nH]c(=O)c2ccc(N3CCC(N(C)C)CC3)cc12)c1cc(N)cc(C(F)(F)F)c1. The highest BCUT2D eigenvalue weighted by molar-refractivity contribution is 5.93. The summed E-state index contributed by atoms with van der Waals surface area (Å²) < 4.78 is 39.7. The molecule has 0 amide bonds. The highest BCUT2D eigenvalue weighted by atomic mass is 19.4. The molecule has 1 unspecified atom stereocenters. The van der Waals surface area contributed by atoms with Crippen LogP contribution in [-0.4, -0.2) is 48.3 Å². The van der Waals surface area contributed by atoms with Crippen LogP contribution in [0.3, 0.4) is 0 Å². The summed E-state index contributed by atoms with van der Waals surface area (Å²) in [6, 6.07) is 9.10. The van der Waals surface area contributed by atoms with E-state index in [2.05, 4.69) is 39.4 Å². The predicted molar refractivity (Wildman–Crippen MR) is 129 cm³/mol. The lowest BCUT2D eigenvalue weighted by Gasteiger charge is -2.36. The predicted octanol–water partition coefficient (Wildman–Crippen LogP) is 4.23. The number of rotatable bonds is 5. The Balaban J connectivity index is 1.64.